The van der Waals surface area contributed by atoms with Crippen molar-refractivity contribution in [2.75, 3.05) is 51.4 Å². The minimum absolute atomic E-state index is 0.180. The number of hydrogen-bond acceptors (Lipinski definition) is 5. The molecule has 3 heterocycles. The van der Waals surface area contributed by atoms with E-state index in [0.29, 0.717) is 0 Å². The predicted molar refractivity (Wildman–Crippen MR) is 106 cm³/mol. The van der Waals surface area contributed by atoms with Crippen LogP contribution in [0.2, 0.25) is 0 Å². The molecule has 0 aliphatic carbocycles. The van der Waals surface area contributed by atoms with Crippen molar-refractivity contribution in [3.63, 3.8) is 0 Å². The summed E-state index contributed by atoms with van der Waals surface area (Å²) in [5.74, 6) is 2.03. The molecule has 27 heavy (non-hydrogen) atoms. The SMILES string of the molecule is COc1ccc(N2CCOCC3(CCCN(Cc4nccn4C)C3)C2)cc1. The highest BCUT2D eigenvalue weighted by molar-refractivity contribution is 5.49. The Morgan fingerprint density at radius 2 is 2.04 bits per heavy atom. The largest absolute Gasteiger partial charge is 0.497 e. The maximum Gasteiger partial charge on any atom is 0.122 e. The van der Waals surface area contributed by atoms with Crippen LogP contribution in [0.1, 0.15) is 18.7 Å². The molecule has 0 N–H and O–H groups in total. The summed E-state index contributed by atoms with van der Waals surface area (Å²) in [5.41, 5.74) is 1.43. The molecule has 6 nitrogen and oxygen atoms in total. The van der Waals surface area contributed by atoms with Gasteiger partial charge in [-0.3, -0.25) is 4.90 Å². The Kier molecular flexibility index (Phi) is 5.36. The second kappa shape index (κ2) is 7.90. The van der Waals surface area contributed by atoms with Crippen molar-refractivity contribution < 1.29 is 9.47 Å². The number of anilines is 1. The molecule has 1 unspecified atom stereocenters. The quantitative estimate of drug-likeness (QED) is 0.827. The van der Waals surface area contributed by atoms with Crippen molar-refractivity contribution in [1.29, 1.82) is 0 Å². The van der Waals surface area contributed by atoms with E-state index in [2.05, 4.69) is 38.5 Å². The molecular formula is C21H30N4O2. The Bertz CT molecular complexity index is 745. The van der Waals surface area contributed by atoms with E-state index < -0.39 is 0 Å². The smallest absolute Gasteiger partial charge is 0.122 e. The molecule has 0 amide bonds. The number of methoxy groups -OCH3 is 1. The summed E-state index contributed by atoms with van der Waals surface area (Å²) in [6.45, 7) is 6.71. The van der Waals surface area contributed by atoms with E-state index in [4.69, 9.17) is 9.47 Å². The third kappa shape index (κ3) is 4.12. The highest BCUT2D eigenvalue weighted by Gasteiger charge is 2.39. The van der Waals surface area contributed by atoms with Crippen LogP contribution in [0.15, 0.2) is 36.7 Å². The fraction of sp³-hybridized carbons (Fsp3) is 0.571. The van der Waals surface area contributed by atoms with E-state index in [9.17, 15) is 0 Å². The topological polar surface area (TPSA) is 42.8 Å². The van der Waals surface area contributed by atoms with Crippen molar-refractivity contribution >= 4 is 5.69 Å². The molecule has 1 aromatic heterocycles. The van der Waals surface area contributed by atoms with E-state index in [0.717, 1.165) is 57.5 Å². The van der Waals surface area contributed by atoms with E-state index in [1.165, 1.54) is 18.5 Å². The van der Waals surface area contributed by atoms with Gasteiger partial charge in [-0.05, 0) is 43.7 Å². The molecule has 0 saturated carbocycles. The second-order valence-electron chi connectivity index (χ2n) is 7.94. The maximum absolute atomic E-state index is 6.08. The molecule has 2 fully saturated rings. The number of ether oxygens (including phenoxy) is 2. The Morgan fingerprint density at radius 1 is 1.19 bits per heavy atom. The van der Waals surface area contributed by atoms with Gasteiger partial charge in [0.05, 0.1) is 26.9 Å². The van der Waals surface area contributed by atoms with Crippen LogP contribution in [0.4, 0.5) is 5.69 Å². The zero-order chi connectivity index (χ0) is 18.7. The molecule has 2 saturated heterocycles. The van der Waals surface area contributed by atoms with Gasteiger partial charge >= 0.3 is 0 Å². The number of benzene rings is 1. The van der Waals surface area contributed by atoms with Crippen LogP contribution in [0.5, 0.6) is 5.75 Å². The number of imidazole rings is 1. The molecule has 146 valence electrons. The Morgan fingerprint density at radius 3 is 2.78 bits per heavy atom. The Balaban J connectivity index is 1.48. The normalized spacial score (nSPS) is 24.1. The van der Waals surface area contributed by atoms with Gasteiger partial charge in [-0.15, -0.1) is 0 Å². The molecule has 2 aromatic rings. The zero-order valence-corrected chi connectivity index (χ0v) is 16.4. The Hall–Kier alpha value is -2.05. The van der Waals surface area contributed by atoms with Gasteiger partial charge in [0.2, 0.25) is 0 Å². The van der Waals surface area contributed by atoms with Crippen LogP contribution in [0.3, 0.4) is 0 Å². The van der Waals surface area contributed by atoms with Crippen LogP contribution in [-0.2, 0) is 18.3 Å². The van der Waals surface area contributed by atoms with Crippen LogP contribution >= 0.6 is 0 Å². The average Bonchev–Trinajstić information content (AvgIpc) is 2.97. The van der Waals surface area contributed by atoms with E-state index in [-0.39, 0.29) is 5.41 Å². The number of aryl methyl sites for hydroxylation is 1. The van der Waals surface area contributed by atoms with E-state index in [1.807, 2.05) is 24.5 Å². The average molecular weight is 370 g/mol. The first-order valence-electron chi connectivity index (χ1n) is 9.83. The van der Waals surface area contributed by atoms with Gasteiger partial charge in [-0.1, -0.05) is 0 Å². The number of nitrogens with zero attached hydrogens (tertiary/aromatic N) is 4. The standard InChI is InChI=1S/C21H30N4O2/c1-23-11-9-22-20(23)14-24-10-3-8-21(15-24)16-25(12-13-27-17-21)18-4-6-19(26-2)7-5-18/h4-7,9,11H,3,8,10,12-17H2,1-2H3. The van der Waals surface area contributed by atoms with Gasteiger partial charge in [0.25, 0.3) is 0 Å². The summed E-state index contributed by atoms with van der Waals surface area (Å²) in [4.78, 5) is 9.54. The van der Waals surface area contributed by atoms with Crippen molar-refractivity contribution in [1.82, 2.24) is 14.5 Å². The molecule has 6 heteroatoms. The van der Waals surface area contributed by atoms with Gasteiger partial charge in [-0.25, -0.2) is 4.98 Å². The van der Waals surface area contributed by atoms with Crippen LogP contribution in [0, 0.1) is 5.41 Å². The number of likely N-dealkylation sites (tertiary alicyclic amines) is 1. The molecule has 4 rings (SSSR count). The number of aromatic nitrogens is 2. The van der Waals surface area contributed by atoms with Gasteiger partial charge in [0.15, 0.2) is 0 Å². The van der Waals surface area contributed by atoms with Gasteiger partial charge in [0.1, 0.15) is 11.6 Å². The lowest BCUT2D eigenvalue weighted by Gasteiger charge is -2.44. The van der Waals surface area contributed by atoms with Gasteiger partial charge in [-0.2, -0.15) is 0 Å². The zero-order valence-electron chi connectivity index (χ0n) is 16.4. The van der Waals surface area contributed by atoms with Crippen LogP contribution in [0.25, 0.3) is 0 Å². The van der Waals surface area contributed by atoms with Crippen molar-refractivity contribution in [2.45, 2.75) is 19.4 Å². The highest BCUT2D eigenvalue weighted by Crippen LogP contribution is 2.35. The lowest BCUT2D eigenvalue weighted by molar-refractivity contribution is 0.00969. The first kappa shape index (κ1) is 18.3. The lowest BCUT2D eigenvalue weighted by atomic mass is 9.80. The van der Waals surface area contributed by atoms with Crippen molar-refractivity contribution in [2.24, 2.45) is 12.5 Å². The highest BCUT2D eigenvalue weighted by atomic mass is 16.5. The third-order valence-corrected chi connectivity index (χ3v) is 5.90. The van der Waals surface area contributed by atoms with E-state index in [1.54, 1.807) is 7.11 Å². The maximum atomic E-state index is 6.08. The molecular weight excluding hydrogens is 340 g/mol. The van der Waals surface area contributed by atoms with Gasteiger partial charge < -0.3 is 18.9 Å². The van der Waals surface area contributed by atoms with Crippen LogP contribution in [-0.4, -0.2) is 61.0 Å². The first-order valence-corrected chi connectivity index (χ1v) is 9.83. The molecule has 0 radical (unpaired) electrons. The summed E-state index contributed by atoms with van der Waals surface area (Å²) < 4.78 is 13.5. The number of rotatable bonds is 4. The lowest BCUT2D eigenvalue weighted by Crippen LogP contribution is -2.50. The fourth-order valence-corrected chi connectivity index (χ4v) is 4.45. The molecule has 1 atom stereocenters. The van der Waals surface area contributed by atoms with Gasteiger partial charge in [0, 0.05) is 50.2 Å². The van der Waals surface area contributed by atoms with Crippen molar-refractivity contribution in [3.8, 4) is 5.75 Å². The second-order valence-corrected chi connectivity index (χ2v) is 7.94. The summed E-state index contributed by atoms with van der Waals surface area (Å²) in [5, 5.41) is 0. The minimum Gasteiger partial charge on any atom is -0.497 e. The molecule has 2 aliphatic heterocycles. The molecule has 0 bridgehead atoms. The summed E-state index contributed by atoms with van der Waals surface area (Å²) in [6.07, 6.45) is 6.34. The first-order chi connectivity index (χ1) is 13.2. The van der Waals surface area contributed by atoms with Crippen molar-refractivity contribution in [3.05, 3.63) is 42.5 Å². The summed E-state index contributed by atoms with van der Waals surface area (Å²) >= 11 is 0. The summed E-state index contributed by atoms with van der Waals surface area (Å²) in [7, 11) is 3.78. The number of hydrogen-bond donors (Lipinski definition) is 0. The van der Waals surface area contributed by atoms with E-state index >= 15 is 0 Å². The predicted octanol–water partition coefficient (Wildman–Crippen LogP) is 2.55. The van der Waals surface area contributed by atoms with Crippen LogP contribution < -0.4 is 9.64 Å². The monoisotopic (exact) mass is 370 g/mol. The third-order valence-electron chi connectivity index (χ3n) is 5.90. The summed E-state index contributed by atoms with van der Waals surface area (Å²) in [6, 6.07) is 8.41. The fourth-order valence-electron chi connectivity index (χ4n) is 4.45. The Labute approximate surface area is 161 Å². The number of piperidine rings is 1. The molecule has 1 spiro atoms. The minimum atomic E-state index is 0.180. The molecule has 1 aromatic carbocycles. The molecule has 2 aliphatic rings.